The molecule has 1 aromatic heterocycles. The Balaban J connectivity index is 1.28. The van der Waals surface area contributed by atoms with Gasteiger partial charge in [-0.05, 0) is 50.2 Å². The van der Waals surface area contributed by atoms with Gasteiger partial charge in [-0.2, -0.15) is 0 Å². The van der Waals surface area contributed by atoms with Crippen molar-refractivity contribution in [2.75, 3.05) is 31.5 Å². The third-order valence-electron chi connectivity index (χ3n) is 5.90. The van der Waals surface area contributed by atoms with E-state index in [-0.39, 0.29) is 17.7 Å². The number of rotatable bonds is 6. The highest BCUT2D eigenvalue weighted by atomic mass is 32.1. The van der Waals surface area contributed by atoms with Gasteiger partial charge in [0.15, 0.2) is 11.8 Å². The molecule has 2 aromatic carbocycles. The van der Waals surface area contributed by atoms with Crippen LogP contribution in [0.3, 0.4) is 0 Å². The molecule has 1 aliphatic rings. The van der Waals surface area contributed by atoms with Crippen molar-refractivity contribution in [2.24, 2.45) is 0 Å². The number of quaternary nitrogens is 2. The van der Waals surface area contributed by atoms with Crippen LogP contribution in [-0.4, -0.2) is 48.9 Å². The molecule has 7 heteroatoms. The molecule has 0 radical (unpaired) electrons. The number of ketones is 1. The van der Waals surface area contributed by atoms with Crippen LogP contribution in [0.4, 0.5) is 5.69 Å². The molecular weight excluding hydrogens is 396 g/mol. The number of carbonyl (C=O) groups is 2. The second kappa shape index (κ2) is 9.04. The normalized spacial score (nSPS) is 20.1. The Hall–Kier alpha value is -2.61. The molecule has 1 fully saturated rings. The van der Waals surface area contributed by atoms with Crippen LogP contribution in [-0.2, 0) is 11.3 Å². The lowest BCUT2D eigenvalue weighted by atomic mass is 10.1. The molecule has 3 N–H and O–H groups in total. The Bertz CT molecular complexity index is 1010. The number of fused-ring (bicyclic) bond motifs is 1. The lowest BCUT2D eigenvalue weighted by molar-refractivity contribution is -1.02. The van der Waals surface area contributed by atoms with E-state index < -0.39 is 0 Å². The smallest absolute Gasteiger partial charge is 0.282 e. The van der Waals surface area contributed by atoms with Crippen LogP contribution >= 0.6 is 11.3 Å². The van der Waals surface area contributed by atoms with Crippen LogP contribution in [0.2, 0.25) is 0 Å². The standard InChI is InChI=1S/C23H26N4O2S/c1-16(23(29)24-19-9-7-18(8-10-19)17(2)28)27-13-11-26(12-14-27)15-22-25-20-5-3-4-6-21(20)30-22/h3-10,16H,11-15H2,1-2H3,(H,24,29)/p+2/t16-/m0/s1. The topological polar surface area (TPSA) is 67.9 Å². The number of nitrogens with one attached hydrogen (secondary N) is 3. The molecule has 1 saturated heterocycles. The number of Topliss-reactive ketones (excluding diaryl/α,β-unsaturated/α-hetero) is 1. The van der Waals surface area contributed by atoms with Gasteiger partial charge in [-0.15, -0.1) is 11.3 Å². The minimum atomic E-state index is -0.110. The maximum absolute atomic E-state index is 12.7. The summed E-state index contributed by atoms with van der Waals surface area (Å²) in [6.07, 6.45) is 0. The monoisotopic (exact) mass is 424 g/mol. The zero-order valence-electron chi connectivity index (χ0n) is 17.4. The van der Waals surface area contributed by atoms with Crippen LogP contribution in [0, 0.1) is 0 Å². The average molecular weight is 425 g/mol. The van der Waals surface area contributed by atoms with Gasteiger partial charge in [-0.1, -0.05) is 12.1 Å². The molecule has 0 saturated carbocycles. The van der Waals surface area contributed by atoms with Crippen molar-refractivity contribution >= 4 is 38.9 Å². The van der Waals surface area contributed by atoms with E-state index in [2.05, 4.69) is 23.5 Å². The van der Waals surface area contributed by atoms with E-state index in [1.54, 1.807) is 35.6 Å². The maximum atomic E-state index is 12.7. The van der Waals surface area contributed by atoms with E-state index in [0.717, 1.165) is 43.9 Å². The number of para-hydroxylation sites is 1. The van der Waals surface area contributed by atoms with E-state index >= 15 is 0 Å². The largest absolute Gasteiger partial charge is 0.321 e. The number of hydrogen-bond acceptors (Lipinski definition) is 4. The summed E-state index contributed by atoms with van der Waals surface area (Å²) in [6.45, 7) is 8.50. The lowest BCUT2D eigenvalue weighted by Gasteiger charge is -2.32. The van der Waals surface area contributed by atoms with Crippen LogP contribution < -0.4 is 15.1 Å². The van der Waals surface area contributed by atoms with E-state index in [1.165, 1.54) is 26.4 Å². The molecule has 4 rings (SSSR count). The summed E-state index contributed by atoms with van der Waals surface area (Å²) in [6, 6.07) is 15.3. The first-order chi connectivity index (χ1) is 14.5. The first-order valence-electron chi connectivity index (χ1n) is 10.4. The van der Waals surface area contributed by atoms with E-state index in [4.69, 9.17) is 4.98 Å². The van der Waals surface area contributed by atoms with Gasteiger partial charge in [-0.3, -0.25) is 9.59 Å². The average Bonchev–Trinajstić information content (AvgIpc) is 3.16. The Labute approximate surface area is 180 Å². The number of anilines is 1. The minimum absolute atomic E-state index is 0.0233. The van der Waals surface area contributed by atoms with Gasteiger partial charge < -0.3 is 15.1 Å². The zero-order valence-corrected chi connectivity index (χ0v) is 18.2. The second-order valence-corrected chi connectivity index (χ2v) is 9.12. The molecule has 0 bridgehead atoms. The number of benzene rings is 2. The van der Waals surface area contributed by atoms with Crippen molar-refractivity contribution in [3.8, 4) is 0 Å². The number of amides is 1. The summed E-state index contributed by atoms with van der Waals surface area (Å²) in [5.74, 6) is 0.0482. The number of hydrogen-bond donors (Lipinski definition) is 3. The van der Waals surface area contributed by atoms with Gasteiger partial charge in [0.1, 0.15) is 37.7 Å². The highest BCUT2D eigenvalue weighted by molar-refractivity contribution is 7.18. The quantitative estimate of drug-likeness (QED) is 0.513. The van der Waals surface area contributed by atoms with Gasteiger partial charge in [0.25, 0.3) is 5.91 Å². The number of thiazole rings is 1. The van der Waals surface area contributed by atoms with Crippen LogP contribution in [0.15, 0.2) is 48.5 Å². The summed E-state index contributed by atoms with van der Waals surface area (Å²) >= 11 is 1.78. The predicted octanol–water partition coefficient (Wildman–Crippen LogP) is 0.810. The highest BCUT2D eigenvalue weighted by Gasteiger charge is 2.31. The van der Waals surface area contributed by atoms with E-state index in [1.807, 2.05) is 13.0 Å². The second-order valence-electron chi connectivity index (χ2n) is 8.00. The summed E-state index contributed by atoms with van der Waals surface area (Å²) in [5.41, 5.74) is 2.47. The molecule has 0 aliphatic carbocycles. The Morgan fingerprint density at radius 1 is 1.07 bits per heavy atom. The van der Waals surface area contributed by atoms with Crippen molar-refractivity contribution < 1.29 is 19.4 Å². The Morgan fingerprint density at radius 3 is 2.43 bits per heavy atom. The first kappa shape index (κ1) is 20.7. The molecule has 6 nitrogen and oxygen atoms in total. The van der Waals surface area contributed by atoms with E-state index in [9.17, 15) is 9.59 Å². The summed E-state index contributed by atoms with van der Waals surface area (Å²) in [5, 5.41) is 4.17. The van der Waals surface area contributed by atoms with Crippen LogP contribution in [0.5, 0.6) is 0 Å². The maximum Gasteiger partial charge on any atom is 0.282 e. The van der Waals surface area contributed by atoms with Crippen molar-refractivity contribution in [3.05, 3.63) is 59.1 Å². The van der Waals surface area contributed by atoms with Gasteiger partial charge in [-0.25, -0.2) is 4.98 Å². The molecule has 1 atom stereocenters. The van der Waals surface area contributed by atoms with Crippen molar-refractivity contribution in [1.29, 1.82) is 0 Å². The lowest BCUT2D eigenvalue weighted by Crippen LogP contribution is -3.29. The minimum Gasteiger partial charge on any atom is -0.321 e. The molecular formula is C23H28N4O2S+2. The number of carbonyl (C=O) groups excluding carboxylic acids is 2. The van der Waals surface area contributed by atoms with Crippen LogP contribution in [0.25, 0.3) is 10.2 Å². The summed E-state index contributed by atoms with van der Waals surface area (Å²) < 4.78 is 1.25. The van der Waals surface area contributed by atoms with Crippen molar-refractivity contribution in [1.82, 2.24) is 4.98 Å². The molecule has 2 heterocycles. The molecule has 0 spiro atoms. The Kier molecular flexibility index (Phi) is 6.22. The van der Waals surface area contributed by atoms with Gasteiger partial charge in [0, 0.05) is 11.3 Å². The van der Waals surface area contributed by atoms with Crippen molar-refractivity contribution in [3.63, 3.8) is 0 Å². The number of aromatic nitrogens is 1. The van der Waals surface area contributed by atoms with Crippen LogP contribution in [0.1, 0.15) is 29.2 Å². The van der Waals surface area contributed by atoms with Gasteiger partial charge >= 0.3 is 0 Å². The molecule has 3 aromatic rings. The fraction of sp³-hybridized carbons (Fsp3) is 0.348. The number of piperazine rings is 1. The molecule has 1 aliphatic heterocycles. The third kappa shape index (κ3) is 4.75. The molecule has 30 heavy (non-hydrogen) atoms. The van der Waals surface area contributed by atoms with E-state index in [0.29, 0.717) is 5.56 Å². The van der Waals surface area contributed by atoms with Gasteiger partial charge in [0.05, 0.1) is 10.2 Å². The first-order valence-corrected chi connectivity index (χ1v) is 11.3. The highest BCUT2D eigenvalue weighted by Crippen LogP contribution is 2.20. The summed E-state index contributed by atoms with van der Waals surface area (Å²) in [4.78, 5) is 31.7. The van der Waals surface area contributed by atoms with Crippen molar-refractivity contribution in [2.45, 2.75) is 26.4 Å². The zero-order chi connectivity index (χ0) is 21.1. The number of nitrogens with zero attached hydrogens (tertiary/aromatic N) is 1. The summed E-state index contributed by atoms with van der Waals surface area (Å²) in [7, 11) is 0. The fourth-order valence-corrected chi connectivity index (χ4v) is 5.01. The van der Waals surface area contributed by atoms with Gasteiger partial charge in [0.2, 0.25) is 0 Å². The molecule has 1 amide bonds. The molecule has 0 unspecified atom stereocenters. The fourth-order valence-electron chi connectivity index (χ4n) is 3.97. The molecule has 156 valence electrons. The SMILES string of the molecule is CC(=O)c1ccc(NC(=O)[C@H](C)[NH+]2CC[NH+](Cc3nc4ccccc4s3)CC2)cc1. The third-order valence-corrected chi connectivity index (χ3v) is 6.94. The Morgan fingerprint density at radius 2 is 1.77 bits per heavy atom. The predicted molar refractivity (Wildman–Crippen MR) is 119 cm³/mol.